The fourth-order valence-electron chi connectivity index (χ4n) is 4.09. The lowest BCUT2D eigenvalue weighted by Gasteiger charge is -2.30. The van der Waals surface area contributed by atoms with Crippen LogP contribution in [0, 0.1) is 5.82 Å². The van der Waals surface area contributed by atoms with Crippen molar-refractivity contribution in [3.8, 4) is 0 Å². The third kappa shape index (κ3) is 4.62. The van der Waals surface area contributed by atoms with E-state index in [1.165, 1.54) is 28.2 Å². The summed E-state index contributed by atoms with van der Waals surface area (Å²) in [4.78, 5) is 19.0. The summed E-state index contributed by atoms with van der Waals surface area (Å²) in [6.45, 7) is 5.76. The number of halogens is 1. The molecule has 0 radical (unpaired) electrons. The van der Waals surface area contributed by atoms with Crippen molar-refractivity contribution in [3.63, 3.8) is 0 Å². The molecular weight excluding hydrogens is 461 g/mol. The molecule has 2 atom stereocenters. The number of benzene rings is 2. The third-order valence-corrected chi connectivity index (χ3v) is 9.20. The molecule has 33 heavy (non-hydrogen) atoms. The molecule has 1 amide bonds. The average molecular weight is 488 g/mol. The molecule has 0 saturated carbocycles. The molecule has 2 unspecified atom stereocenters. The zero-order valence-corrected chi connectivity index (χ0v) is 20.3. The molecule has 1 saturated heterocycles. The zero-order valence-electron chi connectivity index (χ0n) is 18.7. The largest absolute Gasteiger partial charge is 0.324 e. The van der Waals surface area contributed by atoms with Gasteiger partial charge in [0, 0.05) is 30.7 Å². The molecule has 2 heterocycles. The van der Waals surface area contributed by atoms with E-state index in [2.05, 4.69) is 4.98 Å². The van der Waals surface area contributed by atoms with Crippen LogP contribution in [-0.4, -0.2) is 52.9 Å². The Labute approximate surface area is 197 Å². The molecule has 1 aromatic heterocycles. The predicted octanol–water partition coefficient (Wildman–Crippen LogP) is 4.44. The summed E-state index contributed by atoms with van der Waals surface area (Å²) in [6.07, 6.45) is 1.58. The first-order valence-corrected chi connectivity index (χ1v) is 13.2. The van der Waals surface area contributed by atoms with Crippen molar-refractivity contribution in [2.24, 2.45) is 0 Å². The van der Waals surface area contributed by atoms with Crippen molar-refractivity contribution in [1.82, 2.24) is 14.2 Å². The van der Waals surface area contributed by atoms with Crippen molar-refractivity contribution < 1.29 is 17.6 Å². The summed E-state index contributed by atoms with van der Waals surface area (Å²) in [5, 5.41) is 0.0946. The van der Waals surface area contributed by atoms with Gasteiger partial charge in [-0.15, -0.1) is 11.8 Å². The average Bonchev–Trinajstić information content (AvgIpc) is 3.07. The first-order valence-electron chi connectivity index (χ1n) is 10.8. The fraction of sp³-hybridized carbons (Fsp3) is 0.333. The lowest BCUT2D eigenvalue weighted by atomic mass is 10.2. The van der Waals surface area contributed by atoms with E-state index in [0.717, 1.165) is 5.39 Å². The Morgan fingerprint density at radius 2 is 1.88 bits per heavy atom. The van der Waals surface area contributed by atoms with E-state index in [1.54, 1.807) is 41.4 Å². The summed E-state index contributed by atoms with van der Waals surface area (Å²) in [5.74, 6) is -0.447. The molecular formula is C24H26FN3O3S2. The molecule has 0 N–H and O–H groups in total. The number of thioether (sulfide) groups is 1. The number of fused-ring (bicyclic) bond motifs is 1. The van der Waals surface area contributed by atoms with Crippen LogP contribution in [0.1, 0.15) is 31.7 Å². The number of hydrogen-bond acceptors (Lipinski definition) is 5. The van der Waals surface area contributed by atoms with Gasteiger partial charge in [-0.1, -0.05) is 30.3 Å². The van der Waals surface area contributed by atoms with Gasteiger partial charge in [-0.25, -0.2) is 12.8 Å². The highest BCUT2D eigenvalue weighted by atomic mass is 32.2. The summed E-state index contributed by atoms with van der Waals surface area (Å²) >= 11 is 1.44. The van der Waals surface area contributed by atoms with Crippen LogP contribution in [0.15, 0.2) is 65.7 Å². The molecule has 1 fully saturated rings. The van der Waals surface area contributed by atoms with E-state index >= 15 is 0 Å². The predicted molar refractivity (Wildman–Crippen MR) is 129 cm³/mol. The molecule has 4 rings (SSSR count). The molecule has 0 spiro atoms. The van der Waals surface area contributed by atoms with Gasteiger partial charge in [0.25, 0.3) is 0 Å². The second kappa shape index (κ2) is 9.40. The highest BCUT2D eigenvalue weighted by Gasteiger charge is 2.39. The smallest absolute Gasteiger partial charge is 0.245 e. The zero-order chi connectivity index (χ0) is 23.8. The lowest BCUT2D eigenvalue weighted by Crippen LogP contribution is -2.43. The molecule has 1 aliphatic heterocycles. The Hall–Kier alpha value is -2.49. The van der Waals surface area contributed by atoms with Crippen molar-refractivity contribution in [2.45, 2.75) is 42.3 Å². The maximum atomic E-state index is 13.8. The molecule has 0 bridgehead atoms. The van der Waals surface area contributed by atoms with Gasteiger partial charge in [-0.3, -0.25) is 9.78 Å². The van der Waals surface area contributed by atoms with Crippen molar-refractivity contribution in [3.05, 3.63) is 72.2 Å². The molecule has 2 aromatic carbocycles. The fourth-order valence-corrected chi connectivity index (χ4v) is 7.19. The van der Waals surface area contributed by atoms with E-state index < -0.39 is 10.0 Å². The van der Waals surface area contributed by atoms with Gasteiger partial charge in [-0.05, 0) is 50.6 Å². The van der Waals surface area contributed by atoms with Gasteiger partial charge in [0.05, 0.1) is 10.8 Å². The number of carbonyl (C=O) groups is 1. The van der Waals surface area contributed by atoms with Crippen LogP contribution in [0.3, 0.4) is 0 Å². The van der Waals surface area contributed by atoms with E-state index in [9.17, 15) is 17.6 Å². The van der Waals surface area contributed by atoms with Gasteiger partial charge < -0.3 is 4.90 Å². The van der Waals surface area contributed by atoms with Crippen LogP contribution in [-0.2, 0) is 14.8 Å². The van der Waals surface area contributed by atoms with Crippen LogP contribution < -0.4 is 0 Å². The van der Waals surface area contributed by atoms with Gasteiger partial charge in [-0.2, -0.15) is 4.31 Å². The van der Waals surface area contributed by atoms with Gasteiger partial charge >= 0.3 is 0 Å². The number of nitrogens with zero attached hydrogens (tertiary/aromatic N) is 3. The minimum absolute atomic E-state index is 0.0813. The summed E-state index contributed by atoms with van der Waals surface area (Å²) in [7, 11) is -3.87. The normalized spacial score (nSPS) is 19.2. The summed E-state index contributed by atoms with van der Waals surface area (Å²) in [5.41, 5.74) is 1.11. The topological polar surface area (TPSA) is 70.6 Å². The Balaban J connectivity index is 1.63. The third-order valence-electron chi connectivity index (χ3n) is 5.70. The number of pyridine rings is 1. The first kappa shape index (κ1) is 23.7. The molecule has 9 heteroatoms. The number of carbonyl (C=O) groups excluding carboxylic acids is 1. The van der Waals surface area contributed by atoms with E-state index in [4.69, 9.17) is 0 Å². The number of para-hydroxylation sites is 1. The lowest BCUT2D eigenvalue weighted by molar-refractivity contribution is -0.129. The van der Waals surface area contributed by atoms with Gasteiger partial charge in [0.1, 0.15) is 16.1 Å². The number of amides is 1. The first-order chi connectivity index (χ1) is 15.7. The van der Waals surface area contributed by atoms with E-state index in [-0.39, 0.29) is 46.4 Å². The van der Waals surface area contributed by atoms with E-state index in [1.807, 2.05) is 32.9 Å². The highest BCUT2D eigenvalue weighted by Crippen LogP contribution is 2.43. The van der Waals surface area contributed by atoms with E-state index in [0.29, 0.717) is 11.1 Å². The summed E-state index contributed by atoms with van der Waals surface area (Å²) in [6, 6.07) is 14.6. The highest BCUT2D eigenvalue weighted by molar-refractivity contribution is 8.01. The van der Waals surface area contributed by atoms with Crippen molar-refractivity contribution in [2.75, 3.05) is 13.1 Å². The molecule has 0 aliphatic carbocycles. The SMILES string of the molecule is CC1SC(c2cccc(F)c2)N(CCN(C(C)C)S(=O)(=O)c2cccc3cccnc23)C1=O. The second-order valence-electron chi connectivity index (χ2n) is 8.26. The Morgan fingerprint density at radius 3 is 2.61 bits per heavy atom. The number of sulfonamides is 1. The quantitative estimate of drug-likeness (QED) is 0.493. The van der Waals surface area contributed by atoms with Crippen molar-refractivity contribution >= 4 is 38.6 Å². The van der Waals surface area contributed by atoms with Gasteiger partial charge in [0.2, 0.25) is 15.9 Å². The summed E-state index contributed by atoms with van der Waals surface area (Å²) < 4.78 is 42.6. The van der Waals surface area contributed by atoms with Crippen LogP contribution in [0.25, 0.3) is 10.9 Å². The number of hydrogen-bond donors (Lipinski definition) is 0. The monoisotopic (exact) mass is 487 g/mol. The maximum Gasteiger partial charge on any atom is 0.245 e. The van der Waals surface area contributed by atoms with Crippen LogP contribution in [0.4, 0.5) is 4.39 Å². The standard InChI is InChI=1S/C24H26FN3O3S2/c1-16(2)28(33(30,31)21-11-5-7-18-9-6-12-26-22(18)21)14-13-27-23(29)17(3)32-24(27)19-8-4-10-20(25)15-19/h4-12,15-17,24H,13-14H2,1-3H3. The Bertz CT molecular complexity index is 1280. The maximum absolute atomic E-state index is 13.8. The van der Waals surface area contributed by atoms with Crippen molar-refractivity contribution in [1.29, 1.82) is 0 Å². The number of aromatic nitrogens is 1. The van der Waals surface area contributed by atoms with Crippen LogP contribution in [0.2, 0.25) is 0 Å². The molecule has 1 aliphatic rings. The van der Waals surface area contributed by atoms with Crippen LogP contribution in [0.5, 0.6) is 0 Å². The minimum Gasteiger partial charge on any atom is -0.324 e. The molecule has 174 valence electrons. The number of rotatable bonds is 7. The minimum atomic E-state index is -3.87. The Morgan fingerprint density at radius 1 is 1.15 bits per heavy atom. The molecule has 3 aromatic rings. The van der Waals surface area contributed by atoms with Gasteiger partial charge in [0.15, 0.2) is 0 Å². The van der Waals surface area contributed by atoms with Crippen LogP contribution >= 0.6 is 11.8 Å². The Kier molecular flexibility index (Phi) is 6.74. The second-order valence-corrected chi connectivity index (χ2v) is 11.5. The molecule has 6 nitrogen and oxygen atoms in total.